The average molecular weight is 325 g/mol. The van der Waals surface area contributed by atoms with E-state index in [1.165, 1.54) is 7.11 Å². The number of carbonyl (C=O) groups is 2. The zero-order valence-corrected chi connectivity index (χ0v) is 13.5. The quantitative estimate of drug-likeness (QED) is 0.876. The molecule has 3 rings (SSSR count). The van der Waals surface area contributed by atoms with Gasteiger partial charge in [0.15, 0.2) is 0 Å². The van der Waals surface area contributed by atoms with E-state index in [-0.39, 0.29) is 5.97 Å². The number of esters is 1. The standard InChI is InChI=1S/C19H19NO4/c1-24-19(23)17-4-2-3-15-12-20(10-9-16(15)17)11-13-5-7-14(8-6-13)18(21)22/h2-8H,9-12H2,1H3,(H,21,22). The first-order valence-electron chi connectivity index (χ1n) is 7.82. The third-order valence-electron chi connectivity index (χ3n) is 4.36. The maximum Gasteiger partial charge on any atom is 0.338 e. The highest BCUT2D eigenvalue weighted by atomic mass is 16.5. The summed E-state index contributed by atoms with van der Waals surface area (Å²) in [5.41, 5.74) is 4.24. The number of aromatic carboxylic acids is 1. The van der Waals surface area contributed by atoms with Crippen LogP contribution in [0.3, 0.4) is 0 Å². The zero-order valence-electron chi connectivity index (χ0n) is 13.5. The lowest BCUT2D eigenvalue weighted by Gasteiger charge is -2.29. The molecule has 0 saturated carbocycles. The van der Waals surface area contributed by atoms with Crippen LogP contribution in [0.25, 0.3) is 0 Å². The van der Waals surface area contributed by atoms with Gasteiger partial charge >= 0.3 is 11.9 Å². The van der Waals surface area contributed by atoms with Crippen molar-refractivity contribution in [1.82, 2.24) is 4.90 Å². The molecule has 1 heterocycles. The number of hydrogen-bond donors (Lipinski definition) is 1. The van der Waals surface area contributed by atoms with Crippen molar-refractivity contribution in [3.63, 3.8) is 0 Å². The molecular weight excluding hydrogens is 306 g/mol. The first kappa shape index (κ1) is 16.2. The lowest BCUT2D eigenvalue weighted by Crippen LogP contribution is -2.31. The van der Waals surface area contributed by atoms with E-state index in [1.54, 1.807) is 12.1 Å². The number of hydrogen-bond acceptors (Lipinski definition) is 4. The van der Waals surface area contributed by atoms with Crippen LogP contribution in [0.2, 0.25) is 0 Å². The van der Waals surface area contributed by atoms with Crippen LogP contribution in [0, 0.1) is 0 Å². The molecule has 0 amide bonds. The van der Waals surface area contributed by atoms with Gasteiger partial charge in [-0.1, -0.05) is 24.3 Å². The second kappa shape index (κ2) is 6.84. The van der Waals surface area contributed by atoms with Crippen LogP contribution in [-0.4, -0.2) is 35.6 Å². The Labute approximate surface area is 140 Å². The van der Waals surface area contributed by atoms with Crippen LogP contribution in [0.15, 0.2) is 42.5 Å². The maximum absolute atomic E-state index is 11.9. The molecule has 0 unspecified atom stereocenters. The molecule has 0 atom stereocenters. The van der Waals surface area contributed by atoms with E-state index >= 15 is 0 Å². The topological polar surface area (TPSA) is 66.8 Å². The minimum Gasteiger partial charge on any atom is -0.478 e. The predicted molar refractivity (Wildman–Crippen MR) is 89.0 cm³/mol. The number of carboxylic acid groups (broad SMARTS) is 1. The van der Waals surface area contributed by atoms with Gasteiger partial charge in [-0.15, -0.1) is 0 Å². The zero-order chi connectivity index (χ0) is 17.1. The van der Waals surface area contributed by atoms with E-state index in [2.05, 4.69) is 4.90 Å². The molecule has 5 heteroatoms. The number of nitrogens with zero attached hydrogens (tertiary/aromatic N) is 1. The first-order valence-corrected chi connectivity index (χ1v) is 7.82. The van der Waals surface area contributed by atoms with Crippen LogP contribution in [-0.2, 0) is 24.2 Å². The van der Waals surface area contributed by atoms with Crippen LogP contribution >= 0.6 is 0 Å². The molecule has 24 heavy (non-hydrogen) atoms. The fourth-order valence-electron chi connectivity index (χ4n) is 3.11. The molecule has 1 aliphatic heterocycles. The summed E-state index contributed by atoms with van der Waals surface area (Å²) in [6.07, 6.45) is 0.799. The number of rotatable bonds is 4. The number of fused-ring (bicyclic) bond motifs is 1. The summed E-state index contributed by atoms with van der Waals surface area (Å²) < 4.78 is 4.85. The van der Waals surface area contributed by atoms with E-state index in [0.717, 1.165) is 42.7 Å². The van der Waals surface area contributed by atoms with Gasteiger partial charge in [0.25, 0.3) is 0 Å². The largest absolute Gasteiger partial charge is 0.478 e. The number of carboxylic acids is 1. The summed E-state index contributed by atoms with van der Waals surface area (Å²) in [7, 11) is 1.40. The van der Waals surface area contributed by atoms with Crippen molar-refractivity contribution in [2.24, 2.45) is 0 Å². The highest BCUT2D eigenvalue weighted by Gasteiger charge is 2.21. The third-order valence-corrected chi connectivity index (χ3v) is 4.36. The lowest BCUT2D eigenvalue weighted by molar-refractivity contribution is 0.0597. The average Bonchev–Trinajstić information content (AvgIpc) is 2.60. The second-order valence-electron chi connectivity index (χ2n) is 5.90. The summed E-state index contributed by atoms with van der Waals surface area (Å²) in [6.45, 7) is 2.37. The molecule has 0 radical (unpaired) electrons. The Balaban J connectivity index is 1.73. The number of methoxy groups -OCH3 is 1. The van der Waals surface area contributed by atoms with Gasteiger partial charge in [0, 0.05) is 19.6 Å². The normalized spacial score (nSPS) is 14.0. The molecule has 2 aromatic carbocycles. The number of benzene rings is 2. The summed E-state index contributed by atoms with van der Waals surface area (Å²) in [5, 5.41) is 8.95. The molecule has 0 fully saturated rings. The van der Waals surface area contributed by atoms with Crippen molar-refractivity contribution in [1.29, 1.82) is 0 Å². The molecule has 1 N–H and O–H groups in total. The van der Waals surface area contributed by atoms with E-state index in [4.69, 9.17) is 9.84 Å². The molecule has 0 aromatic heterocycles. The Hall–Kier alpha value is -2.66. The molecule has 0 spiro atoms. The summed E-state index contributed by atoms with van der Waals surface area (Å²) in [5.74, 6) is -1.20. The van der Waals surface area contributed by atoms with Gasteiger partial charge in [-0.3, -0.25) is 4.90 Å². The van der Waals surface area contributed by atoms with Gasteiger partial charge in [0.1, 0.15) is 0 Å². The van der Waals surface area contributed by atoms with Crippen LogP contribution in [0.4, 0.5) is 0 Å². The fourth-order valence-corrected chi connectivity index (χ4v) is 3.11. The van der Waals surface area contributed by atoms with Crippen molar-refractivity contribution >= 4 is 11.9 Å². The Bertz CT molecular complexity index is 767. The van der Waals surface area contributed by atoms with E-state index in [1.807, 2.05) is 30.3 Å². The van der Waals surface area contributed by atoms with Gasteiger partial charge in [-0.2, -0.15) is 0 Å². The maximum atomic E-state index is 11.9. The van der Waals surface area contributed by atoms with Crippen molar-refractivity contribution in [2.45, 2.75) is 19.5 Å². The highest BCUT2D eigenvalue weighted by molar-refractivity contribution is 5.91. The van der Waals surface area contributed by atoms with Gasteiger partial charge in [0.2, 0.25) is 0 Å². The number of ether oxygens (including phenoxy) is 1. The van der Waals surface area contributed by atoms with E-state index < -0.39 is 5.97 Å². The fraction of sp³-hybridized carbons (Fsp3) is 0.263. The first-order chi connectivity index (χ1) is 11.6. The highest BCUT2D eigenvalue weighted by Crippen LogP contribution is 2.24. The monoisotopic (exact) mass is 325 g/mol. The van der Waals surface area contributed by atoms with Crippen molar-refractivity contribution < 1.29 is 19.4 Å². The van der Waals surface area contributed by atoms with Crippen molar-refractivity contribution in [2.75, 3.05) is 13.7 Å². The second-order valence-corrected chi connectivity index (χ2v) is 5.90. The molecule has 2 aromatic rings. The van der Waals surface area contributed by atoms with Crippen LogP contribution in [0.5, 0.6) is 0 Å². The minimum atomic E-state index is -0.913. The summed E-state index contributed by atoms with van der Waals surface area (Å²) in [6, 6.07) is 12.7. The number of carbonyl (C=O) groups excluding carboxylic acids is 1. The Morgan fingerprint density at radius 3 is 2.58 bits per heavy atom. The molecule has 124 valence electrons. The van der Waals surface area contributed by atoms with Gasteiger partial charge in [0.05, 0.1) is 18.2 Å². The molecule has 0 aliphatic carbocycles. The van der Waals surface area contributed by atoms with E-state index in [9.17, 15) is 9.59 Å². The Morgan fingerprint density at radius 1 is 1.17 bits per heavy atom. The minimum absolute atomic E-state index is 0.287. The molecule has 0 saturated heterocycles. The summed E-state index contributed by atoms with van der Waals surface area (Å²) >= 11 is 0. The van der Waals surface area contributed by atoms with Gasteiger partial charge in [-0.05, 0) is 41.3 Å². The SMILES string of the molecule is COC(=O)c1cccc2c1CCN(Cc1ccc(C(=O)O)cc1)C2. The predicted octanol–water partition coefficient (Wildman–Crippen LogP) is 2.73. The molecular formula is C19H19NO4. The molecule has 5 nitrogen and oxygen atoms in total. The van der Waals surface area contributed by atoms with Crippen molar-refractivity contribution in [3.05, 3.63) is 70.3 Å². The van der Waals surface area contributed by atoms with Gasteiger partial charge < -0.3 is 9.84 Å². The van der Waals surface area contributed by atoms with Crippen molar-refractivity contribution in [3.8, 4) is 0 Å². The van der Waals surface area contributed by atoms with Crippen LogP contribution in [0.1, 0.15) is 37.4 Å². The summed E-state index contributed by atoms with van der Waals surface area (Å²) in [4.78, 5) is 25.1. The molecule has 0 bridgehead atoms. The third kappa shape index (κ3) is 3.31. The van der Waals surface area contributed by atoms with Gasteiger partial charge in [-0.25, -0.2) is 9.59 Å². The molecule has 1 aliphatic rings. The smallest absolute Gasteiger partial charge is 0.338 e. The van der Waals surface area contributed by atoms with Crippen LogP contribution < -0.4 is 0 Å². The lowest BCUT2D eigenvalue weighted by atomic mass is 9.94. The Morgan fingerprint density at radius 2 is 1.92 bits per heavy atom. The Kier molecular flexibility index (Phi) is 4.62. The van der Waals surface area contributed by atoms with E-state index in [0.29, 0.717) is 11.1 Å².